The molecular formula is C15H23N3O2. The summed E-state index contributed by atoms with van der Waals surface area (Å²) in [5, 5.41) is 3.22. The molecule has 1 heterocycles. The Morgan fingerprint density at radius 1 is 1.30 bits per heavy atom. The first-order valence-electron chi connectivity index (χ1n) is 7.15. The number of hydrogen-bond acceptors (Lipinski definition) is 4. The second-order valence-electron chi connectivity index (χ2n) is 5.11. The van der Waals surface area contributed by atoms with Crippen molar-refractivity contribution in [3.63, 3.8) is 0 Å². The molecule has 0 aromatic heterocycles. The molecule has 0 aliphatic carbocycles. The molecular weight excluding hydrogens is 254 g/mol. The van der Waals surface area contributed by atoms with Crippen LogP contribution in [0.2, 0.25) is 0 Å². The standard InChI is InChI=1S/C15H23N3O2/c1-20-14-10-12(16)9-13(11-14)17-6-5-15(19)18-7-3-2-4-8-18/h9-11,17H,2-8,16H2,1H3. The number of anilines is 2. The lowest BCUT2D eigenvalue weighted by molar-refractivity contribution is -0.131. The van der Waals surface area contributed by atoms with Gasteiger partial charge >= 0.3 is 0 Å². The molecule has 1 aliphatic heterocycles. The van der Waals surface area contributed by atoms with E-state index in [2.05, 4.69) is 5.32 Å². The molecule has 2 rings (SSSR count). The summed E-state index contributed by atoms with van der Waals surface area (Å²) in [6.45, 7) is 2.43. The van der Waals surface area contributed by atoms with Gasteiger partial charge in [-0.2, -0.15) is 0 Å². The van der Waals surface area contributed by atoms with Gasteiger partial charge < -0.3 is 20.7 Å². The molecule has 3 N–H and O–H groups in total. The summed E-state index contributed by atoms with van der Waals surface area (Å²) in [4.78, 5) is 14.0. The van der Waals surface area contributed by atoms with Gasteiger partial charge in [0.05, 0.1) is 7.11 Å². The fraction of sp³-hybridized carbons (Fsp3) is 0.533. The number of rotatable bonds is 5. The van der Waals surface area contributed by atoms with Crippen LogP contribution >= 0.6 is 0 Å². The molecule has 1 saturated heterocycles. The van der Waals surface area contributed by atoms with Gasteiger partial charge in [-0.15, -0.1) is 0 Å². The summed E-state index contributed by atoms with van der Waals surface area (Å²) in [5.74, 6) is 0.947. The van der Waals surface area contributed by atoms with E-state index in [1.54, 1.807) is 13.2 Å². The molecule has 20 heavy (non-hydrogen) atoms. The Morgan fingerprint density at radius 2 is 2.05 bits per heavy atom. The van der Waals surface area contributed by atoms with E-state index < -0.39 is 0 Å². The lowest BCUT2D eigenvalue weighted by Crippen LogP contribution is -2.36. The second-order valence-corrected chi connectivity index (χ2v) is 5.11. The fourth-order valence-corrected chi connectivity index (χ4v) is 2.46. The average molecular weight is 277 g/mol. The summed E-state index contributed by atoms with van der Waals surface area (Å²) < 4.78 is 5.16. The van der Waals surface area contributed by atoms with Crippen LogP contribution in [0.5, 0.6) is 5.75 Å². The SMILES string of the molecule is COc1cc(N)cc(NCCC(=O)N2CCCCC2)c1. The van der Waals surface area contributed by atoms with E-state index in [0.29, 0.717) is 18.7 Å². The number of hydrogen-bond donors (Lipinski definition) is 2. The number of nitrogen functional groups attached to an aromatic ring is 1. The van der Waals surface area contributed by atoms with Crippen molar-refractivity contribution in [1.82, 2.24) is 4.90 Å². The quantitative estimate of drug-likeness (QED) is 0.809. The predicted octanol–water partition coefficient (Wildman–Crippen LogP) is 2.09. The summed E-state index contributed by atoms with van der Waals surface area (Å²) in [5.41, 5.74) is 7.32. The van der Waals surface area contributed by atoms with Gasteiger partial charge in [0.15, 0.2) is 0 Å². The zero-order valence-corrected chi connectivity index (χ0v) is 12.0. The highest BCUT2D eigenvalue weighted by Gasteiger charge is 2.15. The number of methoxy groups -OCH3 is 1. The molecule has 1 fully saturated rings. The molecule has 0 saturated carbocycles. The third kappa shape index (κ3) is 4.05. The van der Waals surface area contributed by atoms with Crippen molar-refractivity contribution in [2.24, 2.45) is 0 Å². The molecule has 1 aromatic carbocycles. The summed E-state index contributed by atoms with van der Waals surface area (Å²) in [7, 11) is 1.61. The van der Waals surface area contributed by atoms with Gasteiger partial charge in [-0.3, -0.25) is 4.79 Å². The van der Waals surface area contributed by atoms with Crippen LogP contribution in [0.4, 0.5) is 11.4 Å². The maximum atomic E-state index is 12.0. The minimum Gasteiger partial charge on any atom is -0.497 e. The van der Waals surface area contributed by atoms with Gasteiger partial charge in [-0.25, -0.2) is 0 Å². The number of carbonyl (C=O) groups is 1. The number of likely N-dealkylation sites (tertiary alicyclic amines) is 1. The maximum Gasteiger partial charge on any atom is 0.224 e. The number of nitrogens with zero attached hydrogens (tertiary/aromatic N) is 1. The molecule has 110 valence electrons. The number of nitrogens with one attached hydrogen (secondary N) is 1. The van der Waals surface area contributed by atoms with Gasteiger partial charge in [0, 0.05) is 49.6 Å². The number of carbonyl (C=O) groups excluding carboxylic acids is 1. The van der Waals surface area contributed by atoms with Crippen LogP contribution in [0.15, 0.2) is 18.2 Å². The highest BCUT2D eigenvalue weighted by Crippen LogP contribution is 2.22. The van der Waals surface area contributed by atoms with Crippen molar-refractivity contribution in [2.45, 2.75) is 25.7 Å². The minimum absolute atomic E-state index is 0.230. The van der Waals surface area contributed by atoms with Crippen molar-refractivity contribution in [3.8, 4) is 5.75 Å². The van der Waals surface area contributed by atoms with E-state index in [4.69, 9.17) is 10.5 Å². The third-order valence-electron chi connectivity index (χ3n) is 3.54. The number of benzene rings is 1. The van der Waals surface area contributed by atoms with Crippen LogP contribution in [-0.2, 0) is 4.79 Å². The normalized spacial score (nSPS) is 14.9. The predicted molar refractivity (Wildman–Crippen MR) is 80.9 cm³/mol. The molecule has 1 amide bonds. The lowest BCUT2D eigenvalue weighted by atomic mass is 10.1. The van der Waals surface area contributed by atoms with Gasteiger partial charge in [0.25, 0.3) is 0 Å². The third-order valence-corrected chi connectivity index (χ3v) is 3.54. The number of ether oxygens (including phenoxy) is 1. The van der Waals surface area contributed by atoms with E-state index in [1.807, 2.05) is 17.0 Å². The molecule has 0 atom stereocenters. The number of amides is 1. The number of piperidine rings is 1. The Hall–Kier alpha value is -1.91. The van der Waals surface area contributed by atoms with Gasteiger partial charge in [-0.05, 0) is 25.3 Å². The van der Waals surface area contributed by atoms with E-state index >= 15 is 0 Å². The molecule has 0 radical (unpaired) electrons. The van der Waals surface area contributed by atoms with Crippen LogP contribution in [0.1, 0.15) is 25.7 Å². The molecule has 5 heteroatoms. The first-order chi connectivity index (χ1) is 9.69. The first kappa shape index (κ1) is 14.5. The van der Waals surface area contributed by atoms with E-state index in [0.717, 1.165) is 37.4 Å². The zero-order chi connectivity index (χ0) is 14.4. The van der Waals surface area contributed by atoms with Gasteiger partial charge in [0.1, 0.15) is 5.75 Å². The first-order valence-corrected chi connectivity index (χ1v) is 7.15. The Balaban J connectivity index is 1.80. The highest BCUT2D eigenvalue weighted by molar-refractivity contribution is 5.76. The van der Waals surface area contributed by atoms with Crippen molar-refractivity contribution < 1.29 is 9.53 Å². The molecule has 0 bridgehead atoms. The van der Waals surface area contributed by atoms with Crippen molar-refractivity contribution >= 4 is 17.3 Å². The zero-order valence-electron chi connectivity index (χ0n) is 12.0. The molecule has 1 aromatic rings. The van der Waals surface area contributed by atoms with Crippen LogP contribution < -0.4 is 15.8 Å². The van der Waals surface area contributed by atoms with E-state index in [-0.39, 0.29) is 5.91 Å². The fourth-order valence-electron chi connectivity index (χ4n) is 2.46. The number of nitrogens with two attached hydrogens (primary N) is 1. The Labute approximate surface area is 120 Å². The van der Waals surface area contributed by atoms with Crippen LogP contribution in [-0.4, -0.2) is 37.6 Å². The van der Waals surface area contributed by atoms with Crippen molar-refractivity contribution in [1.29, 1.82) is 0 Å². The molecule has 0 unspecified atom stereocenters. The summed E-state index contributed by atoms with van der Waals surface area (Å²) >= 11 is 0. The largest absolute Gasteiger partial charge is 0.497 e. The topological polar surface area (TPSA) is 67.6 Å². The second kappa shape index (κ2) is 7.03. The maximum absolute atomic E-state index is 12.0. The minimum atomic E-state index is 0.230. The van der Waals surface area contributed by atoms with Crippen LogP contribution in [0.25, 0.3) is 0 Å². The molecule has 1 aliphatic rings. The monoisotopic (exact) mass is 277 g/mol. The van der Waals surface area contributed by atoms with E-state index in [9.17, 15) is 4.79 Å². The van der Waals surface area contributed by atoms with Crippen molar-refractivity contribution in [3.05, 3.63) is 18.2 Å². The average Bonchev–Trinajstić information content (AvgIpc) is 2.47. The Bertz CT molecular complexity index is 456. The highest BCUT2D eigenvalue weighted by atomic mass is 16.5. The van der Waals surface area contributed by atoms with Gasteiger partial charge in [-0.1, -0.05) is 0 Å². The summed E-state index contributed by atoms with van der Waals surface area (Å²) in [6, 6.07) is 5.49. The smallest absolute Gasteiger partial charge is 0.224 e. The van der Waals surface area contributed by atoms with Crippen LogP contribution in [0.3, 0.4) is 0 Å². The molecule has 5 nitrogen and oxygen atoms in total. The molecule has 0 spiro atoms. The van der Waals surface area contributed by atoms with Crippen LogP contribution in [0, 0.1) is 0 Å². The van der Waals surface area contributed by atoms with E-state index in [1.165, 1.54) is 6.42 Å². The van der Waals surface area contributed by atoms with Gasteiger partial charge in [0.2, 0.25) is 5.91 Å². The Kier molecular flexibility index (Phi) is 5.09. The lowest BCUT2D eigenvalue weighted by Gasteiger charge is -2.26. The summed E-state index contributed by atoms with van der Waals surface area (Å²) in [6.07, 6.45) is 4.01. The Morgan fingerprint density at radius 3 is 2.75 bits per heavy atom. The van der Waals surface area contributed by atoms with Crippen molar-refractivity contribution in [2.75, 3.05) is 37.8 Å².